The minimum atomic E-state index is -3.09. The molecule has 2 heterocycles. The van der Waals surface area contributed by atoms with E-state index in [9.17, 15) is 8.42 Å². The van der Waals surface area contributed by atoms with Crippen molar-refractivity contribution in [3.8, 4) is 0 Å². The largest absolute Gasteiger partial charge is 0.320 e. The van der Waals surface area contributed by atoms with Crippen LogP contribution in [-0.4, -0.2) is 57.8 Å². The fourth-order valence-electron chi connectivity index (χ4n) is 3.08. The number of hydrogen-bond acceptors (Lipinski definition) is 4. The first-order chi connectivity index (χ1) is 8.61. The first kappa shape index (κ1) is 14.2. The van der Waals surface area contributed by atoms with E-state index in [1.807, 2.05) is 7.05 Å². The van der Waals surface area contributed by atoms with E-state index in [1.165, 1.54) is 19.4 Å². The SMILES string of the molecule is CNCCCS(=O)(=O)NC1CCN2CCCC2C1. The van der Waals surface area contributed by atoms with E-state index in [0.717, 1.165) is 25.9 Å². The quantitative estimate of drug-likeness (QED) is 0.677. The van der Waals surface area contributed by atoms with Crippen LogP contribution in [0.15, 0.2) is 0 Å². The number of nitrogens with one attached hydrogen (secondary N) is 2. The molecule has 0 aliphatic carbocycles. The fraction of sp³-hybridized carbons (Fsp3) is 1.00. The normalized spacial score (nSPS) is 29.4. The standard InChI is InChI=1S/C12H25N3O2S/c1-13-6-3-9-18(16,17)14-11-5-8-15-7-2-4-12(15)10-11/h11-14H,2-10H2,1H3. The first-order valence-corrected chi connectivity index (χ1v) is 8.64. The second-order valence-electron chi connectivity index (χ2n) is 5.45. The lowest BCUT2D eigenvalue weighted by Gasteiger charge is -2.34. The van der Waals surface area contributed by atoms with Gasteiger partial charge in [0.1, 0.15) is 0 Å². The molecule has 0 amide bonds. The Balaban J connectivity index is 1.78. The molecule has 2 aliphatic rings. The summed E-state index contributed by atoms with van der Waals surface area (Å²) in [6, 6.07) is 0.771. The van der Waals surface area contributed by atoms with E-state index in [1.54, 1.807) is 0 Å². The van der Waals surface area contributed by atoms with E-state index in [0.29, 0.717) is 12.5 Å². The van der Waals surface area contributed by atoms with Crippen molar-refractivity contribution in [3.63, 3.8) is 0 Å². The Morgan fingerprint density at radius 2 is 2.11 bits per heavy atom. The Bertz CT molecular complexity index is 358. The van der Waals surface area contributed by atoms with E-state index >= 15 is 0 Å². The van der Waals surface area contributed by atoms with Crippen LogP contribution in [0, 0.1) is 0 Å². The average Bonchev–Trinajstić information content (AvgIpc) is 2.75. The number of rotatable bonds is 6. The van der Waals surface area contributed by atoms with Gasteiger partial charge in [0.2, 0.25) is 10.0 Å². The van der Waals surface area contributed by atoms with Crippen LogP contribution in [0.4, 0.5) is 0 Å². The summed E-state index contributed by atoms with van der Waals surface area (Å²) >= 11 is 0. The highest BCUT2D eigenvalue weighted by molar-refractivity contribution is 7.89. The van der Waals surface area contributed by atoms with Gasteiger partial charge in [0.15, 0.2) is 0 Å². The van der Waals surface area contributed by atoms with E-state index < -0.39 is 10.0 Å². The van der Waals surface area contributed by atoms with Gasteiger partial charge in [-0.15, -0.1) is 0 Å². The molecule has 0 radical (unpaired) electrons. The minimum absolute atomic E-state index is 0.156. The summed E-state index contributed by atoms with van der Waals surface area (Å²) < 4.78 is 26.7. The second-order valence-corrected chi connectivity index (χ2v) is 7.32. The molecule has 0 aromatic heterocycles. The molecular weight excluding hydrogens is 250 g/mol. The van der Waals surface area contributed by atoms with Crippen LogP contribution in [0.3, 0.4) is 0 Å². The van der Waals surface area contributed by atoms with Gasteiger partial charge in [-0.3, -0.25) is 0 Å². The van der Waals surface area contributed by atoms with Gasteiger partial charge in [0.05, 0.1) is 5.75 Å². The van der Waals surface area contributed by atoms with Crippen molar-refractivity contribution in [1.29, 1.82) is 0 Å². The zero-order chi connectivity index (χ0) is 13.0. The molecule has 2 aliphatic heterocycles. The van der Waals surface area contributed by atoms with Crippen molar-refractivity contribution < 1.29 is 8.42 Å². The maximum Gasteiger partial charge on any atom is 0.211 e. The molecule has 0 saturated carbocycles. The Morgan fingerprint density at radius 3 is 2.89 bits per heavy atom. The molecule has 0 aromatic rings. The second kappa shape index (κ2) is 6.32. The Kier molecular flexibility index (Phi) is 5.00. The topological polar surface area (TPSA) is 61.4 Å². The summed E-state index contributed by atoms with van der Waals surface area (Å²) in [5.41, 5.74) is 0. The van der Waals surface area contributed by atoms with Gasteiger partial charge in [-0.1, -0.05) is 0 Å². The van der Waals surface area contributed by atoms with Crippen LogP contribution < -0.4 is 10.0 Å². The highest BCUT2D eigenvalue weighted by Gasteiger charge is 2.33. The van der Waals surface area contributed by atoms with Gasteiger partial charge >= 0.3 is 0 Å². The highest BCUT2D eigenvalue weighted by Crippen LogP contribution is 2.27. The summed E-state index contributed by atoms with van der Waals surface area (Å²) in [5.74, 6) is 0.235. The zero-order valence-corrected chi connectivity index (χ0v) is 12.0. The summed E-state index contributed by atoms with van der Waals surface area (Å²) in [6.45, 7) is 3.00. The molecule has 2 rings (SSSR count). The van der Waals surface area contributed by atoms with Crippen LogP contribution in [0.2, 0.25) is 0 Å². The number of nitrogens with zero attached hydrogens (tertiary/aromatic N) is 1. The molecule has 2 fully saturated rings. The highest BCUT2D eigenvalue weighted by atomic mass is 32.2. The molecule has 2 unspecified atom stereocenters. The van der Waals surface area contributed by atoms with Gasteiger partial charge in [0, 0.05) is 12.1 Å². The maximum absolute atomic E-state index is 11.9. The number of hydrogen-bond donors (Lipinski definition) is 2. The van der Waals surface area contributed by atoms with Crippen molar-refractivity contribution in [2.45, 2.75) is 44.2 Å². The lowest BCUT2D eigenvalue weighted by molar-refractivity contribution is 0.176. The summed E-state index contributed by atoms with van der Waals surface area (Å²) in [6.07, 6.45) is 5.13. The Hall–Kier alpha value is -0.170. The molecule has 2 atom stereocenters. The Morgan fingerprint density at radius 1 is 1.28 bits per heavy atom. The van der Waals surface area contributed by atoms with Crippen molar-refractivity contribution in [2.75, 3.05) is 32.4 Å². The molecule has 5 nitrogen and oxygen atoms in total. The summed E-state index contributed by atoms with van der Waals surface area (Å²) in [7, 11) is -1.25. The van der Waals surface area contributed by atoms with Crippen molar-refractivity contribution in [3.05, 3.63) is 0 Å². The van der Waals surface area contributed by atoms with E-state index in [4.69, 9.17) is 0 Å². The van der Waals surface area contributed by atoms with Gasteiger partial charge in [-0.25, -0.2) is 13.1 Å². The third-order valence-electron chi connectivity index (χ3n) is 4.01. The molecular formula is C12H25N3O2S. The lowest BCUT2D eigenvalue weighted by Crippen LogP contribution is -2.47. The van der Waals surface area contributed by atoms with Gasteiger partial charge in [-0.05, 0) is 58.8 Å². The van der Waals surface area contributed by atoms with Crippen LogP contribution in [0.25, 0.3) is 0 Å². The predicted octanol–water partition coefficient (Wildman–Crippen LogP) is 0.142. The molecule has 2 N–H and O–H groups in total. The minimum Gasteiger partial charge on any atom is -0.320 e. The molecule has 6 heteroatoms. The molecule has 18 heavy (non-hydrogen) atoms. The van der Waals surface area contributed by atoms with Crippen LogP contribution >= 0.6 is 0 Å². The van der Waals surface area contributed by atoms with Crippen LogP contribution in [0.1, 0.15) is 32.1 Å². The van der Waals surface area contributed by atoms with Crippen LogP contribution in [-0.2, 0) is 10.0 Å². The fourth-order valence-corrected chi connectivity index (χ4v) is 4.45. The monoisotopic (exact) mass is 275 g/mol. The molecule has 0 bridgehead atoms. The van der Waals surface area contributed by atoms with Gasteiger partial charge < -0.3 is 10.2 Å². The molecule has 2 saturated heterocycles. The van der Waals surface area contributed by atoms with Gasteiger partial charge in [0.25, 0.3) is 0 Å². The lowest BCUT2D eigenvalue weighted by atomic mass is 9.99. The zero-order valence-electron chi connectivity index (χ0n) is 11.2. The third kappa shape index (κ3) is 3.91. The van der Waals surface area contributed by atoms with Crippen molar-refractivity contribution in [1.82, 2.24) is 14.9 Å². The molecule has 0 spiro atoms. The summed E-state index contributed by atoms with van der Waals surface area (Å²) in [5, 5.41) is 2.98. The predicted molar refractivity (Wildman–Crippen MR) is 73.1 cm³/mol. The summed E-state index contributed by atoms with van der Waals surface area (Å²) in [4.78, 5) is 2.51. The van der Waals surface area contributed by atoms with Crippen molar-refractivity contribution >= 4 is 10.0 Å². The number of sulfonamides is 1. The first-order valence-electron chi connectivity index (χ1n) is 6.99. The van der Waals surface area contributed by atoms with E-state index in [-0.39, 0.29) is 11.8 Å². The molecule has 106 valence electrons. The number of piperidine rings is 1. The van der Waals surface area contributed by atoms with Gasteiger partial charge in [-0.2, -0.15) is 0 Å². The average molecular weight is 275 g/mol. The molecule has 0 aromatic carbocycles. The maximum atomic E-state index is 11.9. The van der Waals surface area contributed by atoms with E-state index in [2.05, 4.69) is 14.9 Å². The van der Waals surface area contributed by atoms with Crippen molar-refractivity contribution in [2.24, 2.45) is 0 Å². The third-order valence-corrected chi connectivity index (χ3v) is 5.53. The Labute approximate surface area is 110 Å². The number of fused-ring (bicyclic) bond motifs is 1. The smallest absolute Gasteiger partial charge is 0.211 e. The van der Waals surface area contributed by atoms with Crippen LogP contribution in [0.5, 0.6) is 0 Å².